The molecule has 1 N–H and O–H groups in total. The van der Waals surface area contributed by atoms with E-state index in [1.165, 1.54) is 24.1 Å². The Bertz CT molecular complexity index is 1350. The molecule has 0 spiro atoms. The molecular weight excluding hydrogens is 454 g/mol. The van der Waals surface area contributed by atoms with Crippen LogP contribution < -0.4 is 20.5 Å². The number of benzene rings is 1. The number of carbonyl (C=O) groups excluding carboxylic acids is 1. The Morgan fingerprint density at radius 1 is 1.29 bits per heavy atom. The highest BCUT2D eigenvalue weighted by Gasteiger charge is 2.24. The number of halogens is 1. The van der Waals surface area contributed by atoms with Gasteiger partial charge in [0.15, 0.2) is 12.3 Å². The lowest BCUT2D eigenvalue weighted by Gasteiger charge is -2.35. The third kappa shape index (κ3) is 5.17. The predicted octanol–water partition coefficient (Wildman–Crippen LogP) is 3.18. The molecule has 34 heavy (non-hydrogen) atoms. The predicted molar refractivity (Wildman–Crippen MR) is 134 cm³/mol. The Balaban J connectivity index is 1.66. The zero-order valence-corrected chi connectivity index (χ0v) is 20.5. The van der Waals surface area contributed by atoms with Gasteiger partial charge in [0.1, 0.15) is 0 Å². The smallest absolute Gasteiger partial charge is 0.293 e. The van der Waals surface area contributed by atoms with Crippen LogP contribution in [0.2, 0.25) is 5.02 Å². The number of hydrogen-bond acceptors (Lipinski definition) is 6. The van der Waals surface area contributed by atoms with Crippen LogP contribution in [0.3, 0.4) is 0 Å². The number of anilines is 1. The molecule has 0 aliphatic carbocycles. The number of aromatic nitrogens is 3. The summed E-state index contributed by atoms with van der Waals surface area (Å²) in [6, 6.07) is 7.04. The molecule has 3 heterocycles. The molecule has 1 aliphatic heterocycles. The average molecular weight is 486 g/mol. The summed E-state index contributed by atoms with van der Waals surface area (Å²) in [6.07, 6.45) is 3.27. The minimum absolute atomic E-state index is 0.258. The fraction of sp³-hybridized carbons (Fsp3) is 0.440. The van der Waals surface area contributed by atoms with E-state index in [9.17, 15) is 9.59 Å². The molecule has 4 rings (SSSR count). The molecule has 0 radical (unpaired) electrons. The first-order valence-corrected chi connectivity index (χ1v) is 11.7. The van der Waals surface area contributed by atoms with Crippen molar-refractivity contribution in [2.45, 2.75) is 26.7 Å². The molecule has 0 saturated carbocycles. The normalized spacial score (nSPS) is 19.5. The Morgan fingerprint density at radius 2 is 2.03 bits per heavy atom. The van der Waals surface area contributed by atoms with Gasteiger partial charge in [-0.1, -0.05) is 31.5 Å². The van der Waals surface area contributed by atoms with Gasteiger partial charge in [0.05, 0.1) is 25.2 Å². The Kier molecular flexibility index (Phi) is 6.30. The number of nitrogens with zero attached hydrogens (tertiary/aromatic N) is 4. The zero-order chi connectivity index (χ0) is 26.2. The zero-order valence-electron chi connectivity index (χ0n) is 21.8. The molecule has 2 aromatic heterocycles. The largest absolute Gasteiger partial charge is 0.478 e. The summed E-state index contributed by atoms with van der Waals surface area (Å²) in [6.45, 7) is 3.59. The molecule has 1 aliphatic rings. The van der Waals surface area contributed by atoms with E-state index in [0.717, 1.165) is 18.7 Å². The molecule has 1 fully saturated rings. The lowest BCUT2D eigenvalue weighted by atomic mass is 9.92. The lowest BCUT2D eigenvalue weighted by Crippen LogP contribution is -2.39. The van der Waals surface area contributed by atoms with Crippen molar-refractivity contribution >= 4 is 34.4 Å². The number of piperidine rings is 1. The number of hydrogen-bond donors (Lipinski definition) is 1. The molecule has 8 nitrogen and oxygen atoms in total. The number of ether oxygens (including phenoxy) is 1. The second-order valence-electron chi connectivity index (χ2n) is 9.04. The van der Waals surface area contributed by atoms with Gasteiger partial charge < -0.3 is 19.5 Å². The van der Waals surface area contributed by atoms with E-state index in [1.807, 2.05) is 18.2 Å². The highest BCUT2D eigenvalue weighted by Crippen LogP contribution is 2.27. The van der Waals surface area contributed by atoms with Crippen molar-refractivity contribution < 1.29 is 12.3 Å². The van der Waals surface area contributed by atoms with Crippen molar-refractivity contribution in [1.29, 1.82) is 0 Å². The summed E-state index contributed by atoms with van der Waals surface area (Å²) in [4.78, 5) is 36.0. The standard InChI is InChI=1S/C25H30ClN5O3/c1-15-7-16(2)13-31(12-15)25-28-11-19(26)20(29-25)9-17-5-6-21-18(8-17)10-22(24(33)30(21)4)34-14-23(32)27-3/h5-6,8,10-11,15-16H,7,9,12-14H2,1-4H3,(H,27,32)/t15-,16+/i14D2. The molecule has 1 saturated heterocycles. The summed E-state index contributed by atoms with van der Waals surface area (Å²) in [5.74, 6) is 0.559. The molecule has 1 aromatic carbocycles. The molecule has 2 atom stereocenters. The highest BCUT2D eigenvalue weighted by atomic mass is 35.5. The van der Waals surface area contributed by atoms with Crippen LogP contribution in [-0.4, -0.2) is 47.1 Å². The van der Waals surface area contributed by atoms with Crippen molar-refractivity contribution in [3.63, 3.8) is 0 Å². The van der Waals surface area contributed by atoms with Gasteiger partial charge in [0, 0.05) is 39.0 Å². The van der Waals surface area contributed by atoms with Gasteiger partial charge in [0.25, 0.3) is 11.5 Å². The molecule has 9 heteroatoms. The number of amides is 1. The molecule has 0 bridgehead atoms. The lowest BCUT2D eigenvalue weighted by molar-refractivity contribution is -0.122. The number of pyridine rings is 1. The quantitative estimate of drug-likeness (QED) is 0.576. The van der Waals surface area contributed by atoms with Crippen molar-refractivity contribution in [2.24, 2.45) is 18.9 Å². The summed E-state index contributed by atoms with van der Waals surface area (Å²) in [5.41, 5.74) is 1.69. The average Bonchev–Trinajstić information content (AvgIpc) is 2.82. The van der Waals surface area contributed by atoms with E-state index in [2.05, 4.69) is 29.0 Å². The highest BCUT2D eigenvalue weighted by molar-refractivity contribution is 6.31. The van der Waals surface area contributed by atoms with Crippen molar-refractivity contribution in [3.8, 4) is 5.75 Å². The Morgan fingerprint density at radius 3 is 2.74 bits per heavy atom. The van der Waals surface area contributed by atoms with E-state index in [4.69, 9.17) is 24.1 Å². The second-order valence-corrected chi connectivity index (χ2v) is 9.45. The number of likely N-dealkylation sites (N-methyl/N-ethyl adjacent to an activating group) is 1. The van der Waals surface area contributed by atoms with Gasteiger partial charge >= 0.3 is 0 Å². The molecular formula is C25H30ClN5O3. The van der Waals surface area contributed by atoms with E-state index < -0.39 is 18.0 Å². The fourth-order valence-electron chi connectivity index (χ4n) is 4.53. The molecule has 1 amide bonds. The van der Waals surface area contributed by atoms with Gasteiger partial charge in [-0.15, -0.1) is 0 Å². The van der Waals surface area contributed by atoms with Crippen molar-refractivity contribution in [1.82, 2.24) is 19.9 Å². The number of aryl methyl sites for hydroxylation is 1. The number of fused-ring (bicyclic) bond motifs is 1. The van der Waals surface area contributed by atoms with Crippen LogP contribution in [0, 0.1) is 11.8 Å². The summed E-state index contributed by atoms with van der Waals surface area (Å²) < 4.78 is 22.2. The van der Waals surface area contributed by atoms with Crippen LogP contribution in [0.25, 0.3) is 10.9 Å². The fourth-order valence-corrected chi connectivity index (χ4v) is 4.68. The minimum atomic E-state index is -2.69. The van der Waals surface area contributed by atoms with Gasteiger partial charge in [0.2, 0.25) is 5.95 Å². The van der Waals surface area contributed by atoms with Crippen LogP contribution >= 0.6 is 11.6 Å². The monoisotopic (exact) mass is 485 g/mol. The summed E-state index contributed by atoms with van der Waals surface area (Å²) >= 11 is 6.46. The van der Waals surface area contributed by atoms with E-state index >= 15 is 0 Å². The van der Waals surface area contributed by atoms with Gasteiger partial charge in [-0.2, -0.15) is 0 Å². The number of carbonyl (C=O) groups is 1. The first-order valence-electron chi connectivity index (χ1n) is 12.3. The topological polar surface area (TPSA) is 89.3 Å². The molecule has 180 valence electrons. The van der Waals surface area contributed by atoms with Crippen LogP contribution in [0.1, 0.15) is 34.3 Å². The Labute approximate surface area is 206 Å². The van der Waals surface area contributed by atoms with Crippen LogP contribution in [0.15, 0.2) is 35.3 Å². The maximum atomic E-state index is 12.7. The van der Waals surface area contributed by atoms with Crippen LogP contribution in [0.5, 0.6) is 5.75 Å². The van der Waals surface area contributed by atoms with Crippen LogP contribution in [-0.2, 0) is 18.3 Å². The third-order valence-corrected chi connectivity index (χ3v) is 6.38. The summed E-state index contributed by atoms with van der Waals surface area (Å²) in [7, 11) is 2.87. The van der Waals surface area contributed by atoms with Gasteiger partial charge in [-0.25, -0.2) is 9.97 Å². The first-order chi connectivity index (χ1) is 17.0. The maximum Gasteiger partial charge on any atom is 0.293 e. The van der Waals surface area contributed by atoms with Gasteiger partial charge in [-0.05, 0) is 42.0 Å². The van der Waals surface area contributed by atoms with Gasteiger partial charge in [-0.3, -0.25) is 9.59 Å². The third-order valence-electron chi connectivity index (χ3n) is 6.06. The summed E-state index contributed by atoms with van der Waals surface area (Å²) in [5, 5.41) is 3.32. The minimum Gasteiger partial charge on any atom is -0.478 e. The molecule has 0 unspecified atom stereocenters. The maximum absolute atomic E-state index is 12.7. The first kappa shape index (κ1) is 21.4. The van der Waals surface area contributed by atoms with Crippen LogP contribution in [0.4, 0.5) is 5.95 Å². The SMILES string of the molecule is [2H]C([2H])(Oc1cc2cc(Cc3nc(N4C[C@H](C)C[C@H](C)C4)ncc3Cl)ccc2n(C)c1=O)C(=O)NC. The van der Waals surface area contributed by atoms with E-state index in [1.54, 1.807) is 13.2 Å². The molecule has 3 aromatic rings. The van der Waals surface area contributed by atoms with Crippen molar-refractivity contribution in [3.05, 3.63) is 57.1 Å². The van der Waals surface area contributed by atoms with E-state index in [-0.39, 0.29) is 5.75 Å². The number of nitrogens with one attached hydrogen (secondary N) is 1. The Hall–Kier alpha value is -3.13. The van der Waals surface area contributed by atoms with E-state index in [0.29, 0.717) is 45.8 Å². The number of rotatable bonds is 6. The second kappa shape index (κ2) is 10.0. The van der Waals surface area contributed by atoms with Crippen molar-refractivity contribution in [2.75, 3.05) is 31.6 Å².